The monoisotopic (exact) mass is 527 g/mol. The highest BCUT2D eigenvalue weighted by atomic mass is 35.5. The van der Waals surface area contributed by atoms with Crippen LogP contribution in [0.15, 0.2) is 9.98 Å². The summed E-state index contributed by atoms with van der Waals surface area (Å²) in [5.41, 5.74) is 16.5. The number of ether oxygens (including phenoxy) is 1. The highest BCUT2D eigenvalue weighted by Gasteiger charge is 2.42. The van der Waals surface area contributed by atoms with Gasteiger partial charge >= 0.3 is 0 Å². The van der Waals surface area contributed by atoms with Crippen molar-refractivity contribution in [3.8, 4) is 0 Å². The van der Waals surface area contributed by atoms with Crippen LogP contribution in [0.1, 0.15) is 83.2 Å². The molecule has 10 heteroatoms. The summed E-state index contributed by atoms with van der Waals surface area (Å²) in [6.45, 7) is 6.46. The predicted molar refractivity (Wildman–Crippen MR) is 149 cm³/mol. The topological polar surface area (TPSA) is 130 Å². The highest BCUT2D eigenvalue weighted by Crippen LogP contribution is 2.43. The van der Waals surface area contributed by atoms with E-state index in [9.17, 15) is 0 Å². The molecule has 2 saturated carbocycles. The lowest BCUT2D eigenvalue weighted by Crippen LogP contribution is -2.27. The van der Waals surface area contributed by atoms with Crippen LogP contribution in [0.4, 0.5) is 10.2 Å². The van der Waals surface area contributed by atoms with Gasteiger partial charge in [-0.3, -0.25) is 9.98 Å². The fourth-order valence-corrected chi connectivity index (χ4v) is 5.24. The van der Waals surface area contributed by atoms with E-state index >= 15 is 4.39 Å². The zero-order valence-corrected chi connectivity index (χ0v) is 23.1. The lowest BCUT2D eigenvalue weighted by atomic mass is 9.83. The Morgan fingerprint density at radius 1 is 1.28 bits per heavy atom. The van der Waals surface area contributed by atoms with Crippen molar-refractivity contribution < 1.29 is 9.13 Å². The van der Waals surface area contributed by atoms with E-state index in [-0.39, 0.29) is 12.1 Å². The molecule has 36 heavy (non-hydrogen) atoms. The van der Waals surface area contributed by atoms with Crippen LogP contribution in [0.5, 0.6) is 0 Å². The summed E-state index contributed by atoms with van der Waals surface area (Å²) in [5, 5.41) is -0.0424. The third-order valence-electron chi connectivity index (χ3n) is 7.07. The minimum atomic E-state index is -1.43. The second-order valence-corrected chi connectivity index (χ2v) is 10.8. The molecular formula is C26H47ClFN7O. The van der Waals surface area contributed by atoms with Crippen LogP contribution in [0.2, 0.25) is 0 Å². The SMILES string of the molecule is CC(Cl)CN=CCC(=NCCOCN)c1c(N)nc(C2(F)CCCC2)n1CC1CCC(C)CC1.CN. The van der Waals surface area contributed by atoms with Crippen LogP contribution in [0.25, 0.3) is 0 Å². The number of nitrogen functional groups attached to an aromatic ring is 1. The molecule has 3 rings (SSSR count). The Balaban J connectivity index is 0.00000222. The predicted octanol–water partition coefficient (Wildman–Crippen LogP) is 4.42. The van der Waals surface area contributed by atoms with Crippen molar-refractivity contribution in [1.29, 1.82) is 0 Å². The highest BCUT2D eigenvalue weighted by molar-refractivity contribution is 6.20. The maximum Gasteiger partial charge on any atom is 0.168 e. The number of aliphatic imine (C=N–C) groups is 2. The van der Waals surface area contributed by atoms with Crippen LogP contribution in [0, 0.1) is 11.8 Å². The van der Waals surface area contributed by atoms with E-state index in [1.54, 1.807) is 0 Å². The molecule has 1 aromatic rings. The first-order chi connectivity index (χ1) is 17.3. The summed E-state index contributed by atoms with van der Waals surface area (Å²) in [7, 11) is 1.50. The van der Waals surface area contributed by atoms with E-state index in [1.807, 2.05) is 13.1 Å². The third-order valence-corrected chi connectivity index (χ3v) is 7.21. The smallest absolute Gasteiger partial charge is 0.168 e. The molecule has 2 aliphatic carbocycles. The van der Waals surface area contributed by atoms with Gasteiger partial charge in [0.2, 0.25) is 0 Å². The minimum absolute atomic E-state index is 0.0424. The molecule has 1 aromatic heterocycles. The van der Waals surface area contributed by atoms with Gasteiger partial charge in [0.1, 0.15) is 11.5 Å². The van der Waals surface area contributed by atoms with Crippen molar-refractivity contribution in [2.24, 2.45) is 33.3 Å². The molecule has 6 N–H and O–H groups in total. The molecule has 0 spiro atoms. The molecule has 8 nitrogen and oxygen atoms in total. The number of imidazole rings is 1. The van der Waals surface area contributed by atoms with E-state index in [1.165, 1.54) is 19.9 Å². The van der Waals surface area contributed by atoms with Gasteiger partial charge in [-0.05, 0) is 64.3 Å². The van der Waals surface area contributed by atoms with Crippen molar-refractivity contribution in [2.75, 3.05) is 39.2 Å². The lowest BCUT2D eigenvalue weighted by molar-refractivity contribution is 0.148. The molecule has 1 heterocycles. The average Bonchev–Trinajstić information content (AvgIpc) is 3.45. The Hall–Kier alpha value is -1.55. The van der Waals surface area contributed by atoms with Crippen molar-refractivity contribution >= 4 is 29.3 Å². The number of rotatable bonds is 12. The van der Waals surface area contributed by atoms with Gasteiger partial charge in [-0.25, -0.2) is 9.37 Å². The Kier molecular flexibility index (Phi) is 13.3. The number of aromatic nitrogens is 2. The molecule has 0 aromatic carbocycles. The average molecular weight is 528 g/mol. The summed E-state index contributed by atoms with van der Waals surface area (Å²) in [6.07, 6.45) is 9.74. The van der Waals surface area contributed by atoms with Gasteiger partial charge in [0.15, 0.2) is 11.5 Å². The van der Waals surface area contributed by atoms with Crippen LogP contribution in [-0.4, -0.2) is 60.3 Å². The molecule has 0 saturated heterocycles. The zero-order valence-electron chi connectivity index (χ0n) is 22.4. The number of hydrogen-bond donors (Lipinski definition) is 3. The summed E-state index contributed by atoms with van der Waals surface area (Å²) < 4.78 is 23.4. The Morgan fingerprint density at radius 2 is 1.94 bits per heavy atom. The maximum absolute atomic E-state index is 16.1. The van der Waals surface area contributed by atoms with Crippen LogP contribution in [-0.2, 0) is 17.0 Å². The second-order valence-electron chi connectivity index (χ2n) is 10.0. The van der Waals surface area contributed by atoms with E-state index in [4.69, 9.17) is 32.8 Å². The molecular weight excluding hydrogens is 481 g/mol. The molecule has 0 bridgehead atoms. The minimum Gasteiger partial charge on any atom is -0.382 e. The standard InChI is InChI=1S/C25H42ClFN6O.CH5N/c1-18-5-7-20(8-6-18)16-33-22(23(29)32-24(33)25(27)10-3-4-11-25)21(31-13-14-34-17-28)9-12-30-15-19(2)26;1-2/h12,18-20H,3-11,13-17,28-29H2,1-2H3;2H2,1H3. The largest absolute Gasteiger partial charge is 0.382 e. The first-order valence-electron chi connectivity index (χ1n) is 13.4. The number of alkyl halides is 2. The summed E-state index contributed by atoms with van der Waals surface area (Å²) in [5.74, 6) is 2.07. The van der Waals surface area contributed by atoms with Gasteiger partial charge in [0.05, 0.1) is 37.5 Å². The van der Waals surface area contributed by atoms with E-state index in [0.717, 1.165) is 49.6 Å². The summed E-state index contributed by atoms with van der Waals surface area (Å²) in [6, 6.07) is 0. The van der Waals surface area contributed by atoms with Crippen LogP contribution >= 0.6 is 11.6 Å². The van der Waals surface area contributed by atoms with Gasteiger partial charge in [0, 0.05) is 19.2 Å². The first-order valence-corrected chi connectivity index (χ1v) is 13.8. The summed E-state index contributed by atoms with van der Waals surface area (Å²) in [4.78, 5) is 13.8. The number of nitrogens with two attached hydrogens (primary N) is 3. The molecule has 2 fully saturated rings. The fourth-order valence-electron chi connectivity index (χ4n) is 5.16. The molecule has 2 aliphatic rings. The van der Waals surface area contributed by atoms with E-state index in [0.29, 0.717) is 56.5 Å². The van der Waals surface area contributed by atoms with Gasteiger partial charge in [-0.1, -0.05) is 19.8 Å². The lowest BCUT2D eigenvalue weighted by Gasteiger charge is -2.29. The van der Waals surface area contributed by atoms with Crippen LogP contribution in [0.3, 0.4) is 0 Å². The van der Waals surface area contributed by atoms with Gasteiger partial charge < -0.3 is 26.5 Å². The van der Waals surface area contributed by atoms with Crippen LogP contribution < -0.4 is 17.2 Å². The zero-order chi connectivity index (χ0) is 26.6. The molecule has 0 radical (unpaired) electrons. The Morgan fingerprint density at radius 3 is 2.56 bits per heavy atom. The van der Waals surface area contributed by atoms with Gasteiger partial charge in [-0.2, -0.15) is 0 Å². The summed E-state index contributed by atoms with van der Waals surface area (Å²) >= 11 is 6.04. The molecule has 1 unspecified atom stereocenters. The van der Waals surface area contributed by atoms with E-state index in [2.05, 4.69) is 27.2 Å². The number of halogens is 2. The Labute approximate surface area is 221 Å². The van der Waals surface area contributed by atoms with Crippen molar-refractivity contribution in [2.45, 2.75) is 89.2 Å². The van der Waals surface area contributed by atoms with Gasteiger partial charge in [0.25, 0.3) is 0 Å². The van der Waals surface area contributed by atoms with E-state index < -0.39 is 5.67 Å². The fraction of sp³-hybridized carbons (Fsp3) is 0.808. The van der Waals surface area contributed by atoms with Crippen molar-refractivity contribution in [1.82, 2.24) is 9.55 Å². The number of nitrogens with zero attached hydrogens (tertiary/aromatic N) is 4. The number of hydrogen-bond acceptors (Lipinski definition) is 7. The molecule has 0 aliphatic heterocycles. The van der Waals surface area contributed by atoms with Crippen molar-refractivity contribution in [3.63, 3.8) is 0 Å². The molecule has 0 amide bonds. The second kappa shape index (κ2) is 15.6. The first kappa shape index (κ1) is 30.7. The Bertz CT molecular complexity index is 829. The van der Waals surface area contributed by atoms with Crippen molar-refractivity contribution in [3.05, 3.63) is 11.5 Å². The van der Waals surface area contributed by atoms with Gasteiger partial charge in [-0.15, -0.1) is 11.6 Å². The maximum atomic E-state index is 16.1. The normalized spacial score (nSPS) is 23.0. The quantitative estimate of drug-likeness (QED) is 0.160. The number of anilines is 1. The molecule has 206 valence electrons. The molecule has 1 atom stereocenters. The third kappa shape index (κ3) is 8.78.